The molecule has 0 spiro atoms. The zero-order valence-electron chi connectivity index (χ0n) is 11.0. The summed E-state index contributed by atoms with van der Waals surface area (Å²) in [7, 11) is 0. The minimum atomic E-state index is -0.0427. The summed E-state index contributed by atoms with van der Waals surface area (Å²) < 4.78 is 2.08. The lowest BCUT2D eigenvalue weighted by Crippen LogP contribution is -2.14. The highest BCUT2D eigenvalue weighted by Crippen LogP contribution is 2.16. The number of anilines is 1. The van der Waals surface area contributed by atoms with Crippen molar-refractivity contribution in [1.29, 1.82) is 0 Å². The SMILES string of the molecule is Cc1nnc(NC(=O)CCn2ccc3ccccc32)s1. The minimum Gasteiger partial charge on any atom is -0.347 e. The maximum absolute atomic E-state index is 11.9. The Hall–Kier alpha value is -2.21. The molecule has 0 bridgehead atoms. The minimum absolute atomic E-state index is 0.0427. The molecule has 0 aliphatic carbocycles. The number of hydrogen-bond acceptors (Lipinski definition) is 4. The molecule has 1 amide bonds. The van der Waals surface area contributed by atoms with Crippen LogP contribution in [-0.2, 0) is 11.3 Å². The van der Waals surface area contributed by atoms with E-state index in [1.807, 2.05) is 25.3 Å². The summed E-state index contributed by atoms with van der Waals surface area (Å²) in [5.41, 5.74) is 1.15. The van der Waals surface area contributed by atoms with Gasteiger partial charge >= 0.3 is 0 Å². The van der Waals surface area contributed by atoms with Crippen LogP contribution in [0.15, 0.2) is 36.5 Å². The lowest BCUT2D eigenvalue weighted by Gasteiger charge is -2.05. The van der Waals surface area contributed by atoms with Gasteiger partial charge in [0.1, 0.15) is 5.01 Å². The Morgan fingerprint density at radius 1 is 1.30 bits per heavy atom. The number of fused-ring (bicyclic) bond motifs is 1. The van der Waals surface area contributed by atoms with Gasteiger partial charge < -0.3 is 9.88 Å². The fourth-order valence-electron chi connectivity index (χ4n) is 2.09. The zero-order chi connectivity index (χ0) is 13.9. The van der Waals surface area contributed by atoms with Crippen LogP contribution in [0.1, 0.15) is 11.4 Å². The number of nitrogens with zero attached hydrogens (tertiary/aromatic N) is 3. The Morgan fingerprint density at radius 2 is 2.15 bits per heavy atom. The van der Waals surface area contributed by atoms with Crippen LogP contribution in [0, 0.1) is 6.92 Å². The van der Waals surface area contributed by atoms with E-state index < -0.39 is 0 Å². The summed E-state index contributed by atoms with van der Waals surface area (Å²) in [5.74, 6) is -0.0427. The van der Waals surface area contributed by atoms with E-state index in [0.717, 1.165) is 10.5 Å². The predicted molar refractivity (Wildman–Crippen MR) is 79.8 cm³/mol. The molecule has 6 heteroatoms. The second-order valence-electron chi connectivity index (χ2n) is 4.49. The fraction of sp³-hybridized carbons (Fsp3) is 0.214. The lowest BCUT2D eigenvalue weighted by molar-refractivity contribution is -0.116. The topological polar surface area (TPSA) is 59.8 Å². The highest BCUT2D eigenvalue weighted by molar-refractivity contribution is 7.15. The number of aryl methyl sites for hydroxylation is 2. The van der Waals surface area contributed by atoms with Gasteiger partial charge in [-0.05, 0) is 24.4 Å². The van der Waals surface area contributed by atoms with Gasteiger partial charge in [-0.25, -0.2) is 0 Å². The van der Waals surface area contributed by atoms with Gasteiger partial charge in [0.15, 0.2) is 0 Å². The Kier molecular flexibility index (Phi) is 3.47. The van der Waals surface area contributed by atoms with Crippen LogP contribution in [0.25, 0.3) is 10.9 Å². The summed E-state index contributed by atoms with van der Waals surface area (Å²) in [6.45, 7) is 2.51. The van der Waals surface area contributed by atoms with Crippen LogP contribution < -0.4 is 5.32 Å². The molecule has 0 saturated heterocycles. The number of amides is 1. The van der Waals surface area contributed by atoms with E-state index in [0.29, 0.717) is 18.1 Å². The van der Waals surface area contributed by atoms with Crippen LogP contribution in [0.5, 0.6) is 0 Å². The Labute approximate surface area is 120 Å². The molecule has 2 heterocycles. The largest absolute Gasteiger partial charge is 0.347 e. The molecule has 102 valence electrons. The quantitative estimate of drug-likeness (QED) is 0.802. The van der Waals surface area contributed by atoms with Crippen LogP contribution in [-0.4, -0.2) is 20.7 Å². The molecule has 1 N–H and O–H groups in total. The third-order valence-electron chi connectivity index (χ3n) is 3.03. The maximum Gasteiger partial charge on any atom is 0.227 e. The highest BCUT2D eigenvalue weighted by Gasteiger charge is 2.07. The number of para-hydroxylation sites is 1. The van der Waals surface area contributed by atoms with Crippen LogP contribution in [0.4, 0.5) is 5.13 Å². The molecule has 20 heavy (non-hydrogen) atoms. The number of nitrogens with one attached hydrogen (secondary N) is 1. The van der Waals surface area contributed by atoms with E-state index in [-0.39, 0.29) is 5.91 Å². The molecule has 5 nitrogen and oxygen atoms in total. The molecule has 0 atom stereocenters. The summed E-state index contributed by atoms with van der Waals surface area (Å²) in [6.07, 6.45) is 2.42. The van der Waals surface area contributed by atoms with Gasteiger partial charge in [0.25, 0.3) is 0 Å². The molecule has 2 aromatic heterocycles. The van der Waals surface area contributed by atoms with Crippen molar-refractivity contribution in [3.63, 3.8) is 0 Å². The highest BCUT2D eigenvalue weighted by atomic mass is 32.1. The summed E-state index contributed by atoms with van der Waals surface area (Å²) >= 11 is 1.38. The van der Waals surface area contributed by atoms with Crippen molar-refractivity contribution in [2.75, 3.05) is 5.32 Å². The van der Waals surface area contributed by atoms with Crippen molar-refractivity contribution in [1.82, 2.24) is 14.8 Å². The number of carbonyl (C=O) groups is 1. The summed E-state index contributed by atoms with van der Waals surface area (Å²) in [6, 6.07) is 10.2. The number of rotatable bonds is 4. The van der Waals surface area contributed by atoms with Gasteiger partial charge in [0.05, 0.1) is 0 Å². The maximum atomic E-state index is 11.9. The van der Waals surface area contributed by atoms with Crippen LogP contribution in [0.2, 0.25) is 0 Å². The van der Waals surface area contributed by atoms with Crippen molar-refractivity contribution in [2.45, 2.75) is 19.9 Å². The smallest absolute Gasteiger partial charge is 0.227 e. The first-order valence-electron chi connectivity index (χ1n) is 6.36. The standard InChI is InChI=1S/C14H14N4OS/c1-10-16-17-14(20-10)15-13(19)7-9-18-8-6-11-4-2-3-5-12(11)18/h2-6,8H,7,9H2,1H3,(H,15,17,19). The van der Waals surface area contributed by atoms with Crippen LogP contribution in [0.3, 0.4) is 0 Å². The number of carbonyl (C=O) groups excluding carboxylic acids is 1. The molecule has 1 aromatic carbocycles. The molecule has 0 aliphatic rings. The first-order chi connectivity index (χ1) is 9.72. The molecule has 0 radical (unpaired) electrons. The van der Waals surface area contributed by atoms with E-state index >= 15 is 0 Å². The normalized spacial score (nSPS) is 10.8. The van der Waals surface area contributed by atoms with Crippen LogP contribution >= 0.6 is 11.3 Å². The zero-order valence-corrected chi connectivity index (χ0v) is 11.9. The van der Waals surface area contributed by atoms with Crippen molar-refractivity contribution in [3.8, 4) is 0 Å². The van der Waals surface area contributed by atoms with E-state index in [1.54, 1.807) is 0 Å². The van der Waals surface area contributed by atoms with E-state index in [4.69, 9.17) is 0 Å². The van der Waals surface area contributed by atoms with Crippen molar-refractivity contribution >= 4 is 33.3 Å². The van der Waals surface area contributed by atoms with Gasteiger partial charge in [-0.15, -0.1) is 10.2 Å². The molecule has 0 fully saturated rings. The van der Waals surface area contributed by atoms with Crippen molar-refractivity contribution in [3.05, 3.63) is 41.5 Å². The Morgan fingerprint density at radius 3 is 2.95 bits per heavy atom. The van der Waals surface area contributed by atoms with E-state index in [2.05, 4.69) is 38.3 Å². The molecule has 0 unspecified atom stereocenters. The van der Waals surface area contributed by atoms with Crippen molar-refractivity contribution < 1.29 is 4.79 Å². The summed E-state index contributed by atoms with van der Waals surface area (Å²) in [5, 5.41) is 13.1. The monoisotopic (exact) mass is 286 g/mol. The fourth-order valence-corrected chi connectivity index (χ4v) is 2.69. The molecule has 3 aromatic rings. The third kappa shape index (κ3) is 2.70. The Balaban J connectivity index is 1.63. The number of aromatic nitrogens is 3. The number of hydrogen-bond donors (Lipinski definition) is 1. The average Bonchev–Trinajstić information content (AvgIpc) is 3.03. The first kappa shape index (κ1) is 12.8. The van der Waals surface area contributed by atoms with Gasteiger partial charge in [-0.2, -0.15) is 0 Å². The molecule has 0 aliphatic heterocycles. The predicted octanol–water partition coefficient (Wildman–Crippen LogP) is 2.83. The molecule has 0 saturated carbocycles. The van der Waals surface area contributed by atoms with Gasteiger partial charge in [0.2, 0.25) is 11.0 Å². The second kappa shape index (κ2) is 5.42. The molecule has 3 rings (SSSR count). The van der Waals surface area contributed by atoms with Gasteiger partial charge in [0, 0.05) is 24.7 Å². The van der Waals surface area contributed by atoms with E-state index in [1.165, 1.54) is 16.7 Å². The van der Waals surface area contributed by atoms with E-state index in [9.17, 15) is 4.79 Å². The second-order valence-corrected chi connectivity index (χ2v) is 5.67. The lowest BCUT2D eigenvalue weighted by atomic mass is 10.2. The van der Waals surface area contributed by atoms with Gasteiger partial charge in [-0.1, -0.05) is 29.5 Å². The van der Waals surface area contributed by atoms with Gasteiger partial charge in [-0.3, -0.25) is 4.79 Å². The van der Waals surface area contributed by atoms with Crippen molar-refractivity contribution in [2.24, 2.45) is 0 Å². The number of benzene rings is 1. The molecular weight excluding hydrogens is 272 g/mol. The molecular formula is C14H14N4OS. The summed E-state index contributed by atoms with van der Waals surface area (Å²) in [4.78, 5) is 11.9. The average molecular weight is 286 g/mol. The Bertz CT molecular complexity index is 746. The first-order valence-corrected chi connectivity index (χ1v) is 7.18. The third-order valence-corrected chi connectivity index (χ3v) is 3.79.